The largest absolute Gasteiger partial charge is 0.493 e. The van der Waals surface area contributed by atoms with Gasteiger partial charge in [-0.2, -0.15) is 0 Å². The lowest BCUT2D eigenvalue weighted by Crippen LogP contribution is -1.97. The standard InChI is InChI=1S/C9H13NO2.C2H6/c1-11-8-4-3-7(6-10)5-9(8)12-2;1-2/h3-5H,6,10H2,1-2H3;1-2H3. The maximum Gasteiger partial charge on any atom is 0.161 e. The molecule has 3 nitrogen and oxygen atoms in total. The van der Waals surface area contributed by atoms with E-state index in [9.17, 15) is 0 Å². The molecule has 0 aromatic heterocycles. The van der Waals surface area contributed by atoms with Crippen LogP contribution in [0.4, 0.5) is 0 Å². The molecule has 1 aromatic carbocycles. The lowest BCUT2D eigenvalue weighted by molar-refractivity contribution is 0.354. The topological polar surface area (TPSA) is 44.5 Å². The van der Waals surface area contributed by atoms with Crippen LogP contribution in [0.25, 0.3) is 0 Å². The van der Waals surface area contributed by atoms with Crippen molar-refractivity contribution in [2.75, 3.05) is 14.2 Å². The molecule has 0 atom stereocenters. The molecule has 1 aromatic rings. The van der Waals surface area contributed by atoms with Gasteiger partial charge in [-0.15, -0.1) is 0 Å². The fourth-order valence-electron chi connectivity index (χ4n) is 1.01. The number of hydrogen-bond acceptors (Lipinski definition) is 3. The highest BCUT2D eigenvalue weighted by molar-refractivity contribution is 5.42. The summed E-state index contributed by atoms with van der Waals surface area (Å²) < 4.78 is 10.2. The minimum Gasteiger partial charge on any atom is -0.493 e. The van der Waals surface area contributed by atoms with Crippen molar-refractivity contribution in [1.29, 1.82) is 0 Å². The van der Waals surface area contributed by atoms with E-state index in [1.54, 1.807) is 14.2 Å². The zero-order valence-corrected chi connectivity index (χ0v) is 9.33. The molecule has 0 unspecified atom stereocenters. The molecule has 0 fully saturated rings. The molecule has 0 bridgehead atoms. The summed E-state index contributed by atoms with van der Waals surface area (Å²) in [5.41, 5.74) is 6.50. The highest BCUT2D eigenvalue weighted by Gasteiger charge is 2.02. The normalized spacial score (nSPS) is 8.64. The third-order valence-corrected chi connectivity index (χ3v) is 1.68. The smallest absolute Gasteiger partial charge is 0.161 e. The molecule has 1 rings (SSSR count). The predicted molar refractivity (Wildman–Crippen MR) is 58.8 cm³/mol. The summed E-state index contributed by atoms with van der Waals surface area (Å²) in [7, 11) is 3.22. The van der Waals surface area contributed by atoms with Gasteiger partial charge in [0.2, 0.25) is 0 Å². The van der Waals surface area contributed by atoms with Crippen LogP contribution in [0.5, 0.6) is 11.5 Å². The lowest BCUT2D eigenvalue weighted by atomic mass is 10.2. The van der Waals surface area contributed by atoms with E-state index in [1.807, 2.05) is 32.0 Å². The van der Waals surface area contributed by atoms with Crippen LogP contribution in [-0.2, 0) is 6.54 Å². The molecule has 0 amide bonds. The van der Waals surface area contributed by atoms with Gasteiger partial charge in [-0.25, -0.2) is 0 Å². The summed E-state index contributed by atoms with van der Waals surface area (Å²) in [4.78, 5) is 0. The van der Waals surface area contributed by atoms with Gasteiger partial charge in [-0.1, -0.05) is 19.9 Å². The Balaban J connectivity index is 0.000000791. The van der Waals surface area contributed by atoms with Crippen LogP contribution in [-0.4, -0.2) is 14.2 Å². The van der Waals surface area contributed by atoms with Crippen molar-refractivity contribution in [3.8, 4) is 11.5 Å². The maximum atomic E-state index is 5.47. The molecular weight excluding hydrogens is 178 g/mol. The molecule has 0 saturated carbocycles. The van der Waals surface area contributed by atoms with Crippen LogP contribution in [0, 0.1) is 0 Å². The number of methoxy groups -OCH3 is 2. The minimum absolute atomic E-state index is 0.514. The fourth-order valence-corrected chi connectivity index (χ4v) is 1.01. The van der Waals surface area contributed by atoms with Gasteiger partial charge in [-0.05, 0) is 17.7 Å². The second kappa shape index (κ2) is 7.21. The van der Waals surface area contributed by atoms with Crippen molar-refractivity contribution in [2.45, 2.75) is 20.4 Å². The highest BCUT2D eigenvalue weighted by atomic mass is 16.5. The van der Waals surface area contributed by atoms with Crippen LogP contribution in [0.1, 0.15) is 19.4 Å². The van der Waals surface area contributed by atoms with Gasteiger partial charge in [0.05, 0.1) is 14.2 Å². The maximum absolute atomic E-state index is 5.47. The molecule has 14 heavy (non-hydrogen) atoms. The zero-order chi connectivity index (χ0) is 11.0. The van der Waals surface area contributed by atoms with Crippen molar-refractivity contribution in [3.63, 3.8) is 0 Å². The monoisotopic (exact) mass is 197 g/mol. The Labute approximate surface area is 85.8 Å². The summed E-state index contributed by atoms with van der Waals surface area (Å²) in [6, 6.07) is 5.64. The Kier molecular flexibility index (Phi) is 6.58. The first-order valence-electron chi connectivity index (χ1n) is 4.72. The van der Waals surface area contributed by atoms with Crippen molar-refractivity contribution >= 4 is 0 Å². The Morgan fingerprint density at radius 3 is 2.07 bits per heavy atom. The van der Waals surface area contributed by atoms with E-state index < -0.39 is 0 Å². The number of ether oxygens (including phenoxy) is 2. The zero-order valence-electron chi connectivity index (χ0n) is 9.33. The summed E-state index contributed by atoms with van der Waals surface area (Å²) >= 11 is 0. The Morgan fingerprint density at radius 2 is 1.64 bits per heavy atom. The summed E-state index contributed by atoms with van der Waals surface area (Å²) in [5.74, 6) is 1.45. The number of benzene rings is 1. The van der Waals surface area contributed by atoms with Gasteiger partial charge < -0.3 is 15.2 Å². The van der Waals surface area contributed by atoms with Gasteiger partial charge >= 0.3 is 0 Å². The van der Waals surface area contributed by atoms with E-state index in [0.717, 1.165) is 17.1 Å². The molecule has 0 spiro atoms. The lowest BCUT2D eigenvalue weighted by Gasteiger charge is -2.07. The highest BCUT2D eigenvalue weighted by Crippen LogP contribution is 2.27. The third kappa shape index (κ3) is 3.26. The van der Waals surface area contributed by atoms with Crippen LogP contribution >= 0.6 is 0 Å². The Hall–Kier alpha value is -1.22. The van der Waals surface area contributed by atoms with Crippen LogP contribution in [0.2, 0.25) is 0 Å². The van der Waals surface area contributed by atoms with Gasteiger partial charge in [-0.3, -0.25) is 0 Å². The molecule has 0 aliphatic carbocycles. The Morgan fingerprint density at radius 1 is 1.07 bits per heavy atom. The van der Waals surface area contributed by atoms with E-state index in [2.05, 4.69) is 0 Å². The third-order valence-electron chi connectivity index (χ3n) is 1.68. The van der Waals surface area contributed by atoms with Crippen molar-refractivity contribution < 1.29 is 9.47 Å². The van der Waals surface area contributed by atoms with Crippen molar-refractivity contribution in [3.05, 3.63) is 23.8 Å². The molecule has 0 aliphatic heterocycles. The van der Waals surface area contributed by atoms with Gasteiger partial charge in [0.25, 0.3) is 0 Å². The predicted octanol–water partition coefficient (Wildman–Crippen LogP) is 2.19. The average Bonchev–Trinajstić information content (AvgIpc) is 2.30. The molecule has 80 valence electrons. The number of hydrogen-bond donors (Lipinski definition) is 1. The van der Waals surface area contributed by atoms with Crippen LogP contribution < -0.4 is 15.2 Å². The molecule has 2 N–H and O–H groups in total. The van der Waals surface area contributed by atoms with E-state index >= 15 is 0 Å². The molecular formula is C11H19NO2. The first kappa shape index (κ1) is 12.8. The van der Waals surface area contributed by atoms with E-state index in [-0.39, 0.29) is 0 Å². The molecule has 3 heteroatoms. The second-order valence-corrected chi connectivity index (χ2v) is 2.39. The Bertz CT molecular complexity index is 261. The molecule has 0 heterocycles. The van der Waals surface area contributed by atoms with Crippen LogP contribution in [0.3, 0.4) is 0 Å². The quantitative estimate of drug-likeness (QED) is 0.807. The molecule has 0 saturated heterocycles. The van der Waals surface area contributed by atoms with Crippen molar-refractivity contribution in [1.82, 2.24) is 0 Å². The summed E-state index contributed by atoms with van der Waals surface area (Å²) in [6.45, 7) is 4.51. The number of rotatable bonds is 3. The first-order valence-corrected chi connectivity index (χ1v) is 4.72. The SMILES string of the molecule is CC.COc1ccc(CN)cc1OC. The van der Waals surface area contributed by atoms with Crippen LogP contribution in [0.15, 0.2) is 18.2 Å². The van der Waals surface area contributed by atoms with Gasteiger partial charge in [0, 0.05) is 6.54 Å². The molecule has 0 radical (unpaired) electrons. The fraction of sp³-hybridized carbons (Fsp3) is 0.455. The summed E-state index contributed by atoms with van der Waals surface area (Å²) in [6.07, 6.45) is 0. The van der Waals surface area contributed by atoms with E-state index in [1.165, 1.54) is 0 Å². The average molecular weight is 197 g/mol. The molecule has 0 aliphatic rings. The van der Waals surface area contributed by atoms with E-state index in [4.69, 9.17) is 15.2 Å². The number of nitrogens with two attached hydrogens (primary N) is 1. The van der Waals surface area contributed by atoms with Gasteiger partial charge in [0.1, 0.15) is 0 Å². The second-order valence-electron chi connectivity index (χ2n) is 2.39. The van der Waals surface area contributed by atoms with E-state index in [0.29, 0.717) is 6.54 Å². The summed E-state index contributed by atoms with van der Waals surface area (Å²) in [5, 5.41) is 0. The van der Waals surface area contributed by atoms with Gasteiger partial charge in [0.15, 0.2) is 11.5 Å². The minimum atomic E-state index is 0.514. The van der Waals surface area contributed by atoms with Crippen molar-refractivity contribution in [2.24, 2.45) is 5.73 Å². The first-order chi connectivity index (χ1) is 6.81.